The van der Waals surface area contributed by atoms with Crippen molar-refractivity contribution < 1.29 is 23.4 Å². The third-order valence-corrected chi connectivity index (χ3v) is 7.43. The van der Waals surface area contributed by atoms with Crippen LogP contribution in [0.3, 0.4) is 0 Å². The van der Waals surface area contributed by atoms with Gasteiger partial charge in [-0.1, -0.05) is 25.1 Å². The molecule has 1 aliphatic heterocycles. The fraction of sp³-hybridized carbons (Fsp3) is 0.577. The van der Waals surface area contributed by atoms with Gasteiger partial charge in [0.1, 0.15) is 5.75 Å². The van der Waals surface area contributed by atoms with Gasteiger partial charge < -0.3 is 9.84 Å². The maximum Gasteiger partial charge on any atom is 0.306 e. The molecule has 0 radical (unpaired) electrons. The van der Waals surface area contributed by atoms with E-state index in [1.807, 2.05) is 18.2 Å². The highest BCUT2D eigenvalue weighted by Gasteiger charge is 2.28. The van der Waals surface area contributed by atoms with Crippen LogP contribution in [-0.4, -0.2) is 35.2 Å². The maximum atomic E-state index is 14.1. The number of nitrogens with zero attached hydrogens (tertiary/aromatic N) is 1. The van der Waals surface area contributed by atoms with Gasteiger partial charge in [-0.3, -0.25) is 9.69 Å². The number of carboxylic acids is 1. The van der Waals surface area contributed by atoms with Crippen LogP contribution in [0.2, 0.25) is 0 Å². The van der Waals surface area contributed by atoms with E-state index in [2.05, 4.69) is 18.7 Å². The topological polar surface area (TPSA) is 49.8 Å². The lowest BCUT2D eigenvalue weighted by molar-refractivity contribution is -0.143. The fourth-order valence-corrected chi connectivity index (χ4v) is 5.21. The van der Waals surface area contributed by atoms with E-state index in [1.54, 1.807) is 12.1 Å². The van der Waals surface area contributed by atoms with Crippen LogP contribution >= 0.6 is 0 Å². The average Bonchev–Trinajstić information content (AvgIpc) is 2.79. The van der Waals surface area contributed by atoms with Crippen LogP contribution in [0.1, 0.15) is 76.0 Å². The number of likely N-dealkylation sites (tertiary alicyclic amines) is 1. The average molecular weight is 446 g/mol. The minimum Gasteiger partial charge on any atom is -0.490 e. The minimum absolute atomic E-state index is 0.00850. The quantitative estimate of drug-likeness (QED) is 0.545. The number of hydrogen-bond acceptors (Lipinski definition) is 3. The second kappa shape index (κ2) is 9.74. The Morgan fingerprint density at radius 1 is 1.06 bits per heavy atom. The van der Waals surface area contributed by atoms with E-state index in [0.717, 1.165) is 49.7 Å². The molecule has 1 unspecified atom stereocenters. The molecule has 4 nitrogen and oxygen atoms in total. The van der Waals surface area contributed by atoms with Gasteiger partial charge in [0.25, 0.3) is 6.43 Å². The summed E-state index contributed by atoms with van der Waals surface area (Å²) in [5, 5.41) is 10.5. The van der Waals surface area contributed by atoms with E-state index < -0.39 is 12.4 Å². The Kier molecular flexibility index (Phi) is 6.99. The Labute approximate surface area is 188 Å². The number of hydrogen-bond donors (Lipinski definition) is 1. The normalized spacial score (nSPS) is 24.0. The van der Waals surface area contributed by atoms with Gasteiger partial charge in [-0.15, -0.1) is 0 Å². The van der Waals surface area contributed by atoms with Gasteiger partial charge in [0, 0.05) is 6.04 Å². The summed E-state index contributed by atoms with van der Waals surface area (Å²) in [6.45, 7) is 5.78. The highest BCUT2D eigenvalue weighted by atomic mass is 19.3. The van der Waals surface area contributed by atoms with E-state index in [9.17, 15) is 18.7 Å². The summed E-state index contributed by atoms with van der Waals surface area (Å²) in [6.07, 6.45) is 2.67. The summed E-state index contributed by atoms with van der Waals surface area (Å²) < 4.78 is 34.2. The summed E-state index contributed by atoms with van der Waals surface area (Å²) in [5.74, 6) is -0.00214. The molecule has 32 heavy (non-hydrogen) atoms. The van der Waals surface area contributed by atoms with Crippen molar-refractivity contribution in [2.45, 2.75) is 70.9 Å². The van der Waals surface area contributed by atoms with Crippen LogP contribution in [-0.2, 0) is 4.79 Å². The zero-order valence-corrected chi connectivity index (χ0v) is 18.9. The van der Waals surface area contributed by atoms with Gasteiger partial charge in [0.15, 0.2) is 0 Å². The number of ether oxygens (including phenoxy) is 1. The van der Waals surface area contributed by atoms with Crippen LogP contribution in [0.4, 0.5) is 8.78 Å². The molecule has 2 fully saturated rings. The van der Waals surface area contributed by atoms with Crippen molar-refractivity contribution in [1.29, 1.82) is 0 Å². The number of rotatable bonds is 6. The van der Waals surface area contributed by atoms with Gasteiger partial charge >= 0.3 is 5.97 Å². The molecule has 1 heterocycles. The Hall–Kier alpha value is -2.21. The van der Waals surface area contributed by atoms with Gasteiger partial charge in [-0.2, -0.15) is 0 Å². The number of carbonyl (C=O) groups is 1. The predicted molar refractivity (Wildman–Crippen MR) is 121 cm³/mol. The zero-order chi connectivity index (χ0) is 22.8. The third-order valence-electron chi connectivity index (χ3n) is 7.43. The SMILES string of the molecule is CC(c1ccc2c(C(F)F)c(O[C@H]3CC[C@@H](C)CC3)ccc2c1)N1CCC(C(=O)O)CC1. The maximum absolute atomic E-state index is 14.1. The molecule has 6 heteroatoms. The van der Waals surface area contributed by atoms with E-state index in [4.69, 9.17) is 4.74 Å². The summed E-state index contributed by atoms with van der Waals surface area (Å²) >= 11 is 0. The largest absolute Gasteiger partial charge is 0.490 e. The van der Waals surface area contributed by atoms with E-state index in [-0.39, 0.29) is 23.6 Å². The summed E-state index contributed by atoms with van der Waals surface area (Å²) in [6, 6.07) is 9.39. The van der Waals surface area contributed by atoms with Crippen molar-refractivity contribution in [3.63, 3.8) is 0 Å². The Bertz CT molecular complexity index is 947. The molecular formula is C26H33F2NO3. The van der Waals surface area contributed by atoms with Crippen LogP contribution in [0.5, 0.6) is 5.75 Å². The molecule has 4 rings (SSSR count). The molecule has 1 aliphatic carbocycles. The zero-order valence-electron chi connectivity index (χ0n) is 18.9. The molecule has 0 spiro atoms. The van der Waals surface area contributed by atoms with Gasteiger partial charge in [-0.05, 0) is 92.9 Å². The Morgan fingerprint density at radius 3 is 2.38 bits per heavy atom. The molecule has 1 saturated carbocycles. The number of fused-ring (bicyclic) bond motifs is 1. The Balaban J connectivity index is 1.55. The third kappa shape index (κ3) is 4.90. The molecule has 0 aromatic heterocycles. The molecule has 0 amide bonds. The number of aliphatic carboxylic acids is 1. The first-order valence-corrected chi connectivity index (χ1v) is 11.8. The minimum atomic E-state index is -2.60. The number of alkyl halides is 2. The van der Waals surface area contributed by atoms with Crippen molar-refractivity contribution in [2.75, 3.05) is 13.1 Å². The smallest absolute Gasteiger partial charge is 0.306 e. The first-order valence-electron chi connectivity index (χ1n) is 11.8. The number of piperidine rings is 1. The monoisotopic (exact) mass is 445 g/mol. The molecule has 2 aromatic carbocycles. The lowest BCUT2D eigenvalue weighted by atomic mass is 9.89. The lowest BCUT2D eigenvalue weighted by Crippen LogP contribution is -2.37. The molecule has 0 bridgehead atoms. The molecule has 2 aromatic rings. The van der Waals surface area contributed by atoms with E-state index in [1.165, 1.54) is 0 Å². The van der Waals surface area contributed by atoms with Crippen LogP contribution in [0, 0.1) is 11.8 Å². The van der Waals surface area contributed by atoms with E-state index in [0.29, 0.717) is 29.9 Å². The molecule has 1 saturated heterocycles. The van der Waals surface area contributed by atoms with Crippen molar-refractivity contribution in [3.05, 3.63) is 41.5 Å². The van der Waals surface area contributed by atoms with Crippen molar-refractivity contribution in [1.82, 2.24) is 4.90 Å². The molecule has 2 aliphatic rings. The van der Waals surface area contributed by atoms with Crippen molar-refractivity contribution in [2.24, 2.45) is 11.8 Å². The highest BCUT2D eigenvalue weighted by molar-refractivity contribution is 5.88. The summed E-state index contributed by atoms with van der Waals surface area (Å²) in [7, 11) is 0. The lowest BCUT2D eigenvalue weighted by Gasteiger charge is -2.35. The van der Waals surface area contributed by atoms with Crippen LogP contribution in [0.15, 0.2) is 30.3 Å². The first kappa shape index (κ1) is 23.0. The first-order chi connectivity index (χ1) is 15.3. The molecular weight excluding hydrogens is 412 g/mol. The van der Waals surface area contributed by atoms with Gasteiger partial charge in [0.05, 0.1) is 17.6 Å². The summed E-state index contributed by atoms with van der Waals surface area (Å²) in [5.41, 5.74) is 1.05. The Morgan fingerprint density at radius 2 is 1.75 bits per heavy atom. The number of halogens is 2. The van der Waals surface area contributed by atoms with Crippen molar-refractivity contribution in [3.8, 4) is 5.75 Å². The van der Waals surface area contributed by atoms with Crippen molar-refractivity contribution >= 4 is 16.7 Å². The second-order valence-electron chi connectivity index (χ2n) is 9.58. The number of carboxylic acid groups (broad SMARTS) is 1. The van der Waals surface area contributed by atoms with Gasteiger partial charge in [-0.25, -0.2) is 8.78 Å². The fourth-order valence-electron chi connectivity index (χ4n) is 5.21. The van der Waals surface area contributed by atoms with Crippen LogP contribution in [0.25, 0.3) is 10.8 Å². The van der Waals surface area contributed by atoms with Crippen LogP contribution < -0.4 is 4.74 Å². The molecule has 174 valence electrons. The predicted octanol–water partition coefficient (Wildman–Crippen LogP) is 6.59. The number of benzene rings is 2. The standard InChI is InChI=1S/C26H33F2NO3/c1-16-3-7-21(8-4-16)32-23-10-6-20-15-19(5-9-22(20)24(23)25(27)28)17(2)29-13-11-18(12-14-29)26(30)31/h5-6,9-10,15-18,21,25H,3-4,7-8,11-14H2,1-2H3,(H,30,31)/t16-,17?,21+. The molecule has 1 N–H and O–H groups in total. The van der Waals surface area contributed by atoms with Gasteiger partial charge in [0.2, 0.25) is 0 Å². The van der Waals surface area contributed by atoms with E-state index >= 15 is 0 Å². The second-order valence-corrected chi connectivity index (χ2v) is 9.58. The summed E-state index contributed by atoms with van der Waals surface area (Å²) in [4.78, 5) is 13.5. The highest BCUT2D eigenvalue weighted by Crippen LogP contribution is 2.39. The molecule has 1 atom stereocenters.